The second-order valence-corrected chi connectivity index (χ2v) is 15.9. The standard InChI is InChI=1S/C39H46ClN11O5/c1-21(2)51-35-22(14-30(37(51)55)56-18-32(53)41-3)13-24(16-42-35)44-34-28(40)17-43-38(47-34)45-23-9-11-39(12-10-23)19-50(20-39)25-5-6-26-29(15-25)49(4)48-33(26)27-7-8-31(52)46-36(27)54/h5-6,13-17,21,23,27,37,55H,7-12,18-20H2,1-4H3,(H,41,53)(H,46,52,54)(H2,43,44,45,47). The molecule has 8 rings (SSSR count). The molecule has 1 aliphatic carbocycles. The number of anilines is 5. The molecule has 5 N–H and O–H groups in total. The van der Waals surface area contributed by atoms with Crippen molar-refractivity contribution < 1.29 is 24.2 Å². The van der Waals surface area contributed by atoms with Gasteiger partial charge in [-0.1, -0.05) is 11.6 Å². The molecule has 2 unspecified atom stereocenters. The van der Waals surface area contributed by atoms with Gasteiger partial charge in [-0.3, -0.25) is 24.4 Å². The summed E-state index contributed by atoms with van der Waals surface area (Å²) < 4.78 is 7.51. The van der Waals surface area contributed by atoms with Gasteiger partial charge in [-0.25, -0.2) is 9.97 Å². The third kappa shape index (κ3) is 7.18. The second kappa shape index (κ2) is 14.9. The fourth-order valence-electron chi connectivity index (χ4n) is 8.37. The van der Waals surface area contributed by atoms with Gasteiger partial charge in [0.15, 0.2) is 18.7 Å². The Labute approximate surface area is 329 Å². The number of aliphatic hydroxyl groups excluding tert-OH is 1. The van der Waals surface area contributed by atoms with Crippen LogP contribution in [0.4, 0.5) is 29.0 Å². The van der Waals surface area contributed by atoms with Crippen LogP contribution in [0.15, 0.2) is 42.4 Å². The number of benzene rings is 1. The lowest BCUT2D eigenvalue weighted by Crippen LogP contribution is -2.58. The molecule has 16 nitrogen and oxygen atoms in total. The number of fused-ring (bicyclic) bond motifs is 2. The van der Waals surface area contributed by atoms with Gasteiger partial charge >= 0.3 is 0 Å². The quantitative estimate of drug-likeness (QED) is 0.144. The molecule has 3 fully saturated rings. The van der Waals surface area contributed by atoms with Crippen LogP contribution in [0, 0.1) is 5.41 Å². The first-order chi connectivity index (χ1) is 26.9. The normalized spacial score (nSPS) is 20.7. The molecule has 3 aliphatic heterocycles. The van der Waals surface area contributed by atoms with E-state index in [0.29, 0.717) is 46.7 Å². The van der Waals surface area contributed by atoms with E-state index in [-0.39, 0.29) is 47.6 Å². The van der Waals surface area contributed by atoms with Crippen molar-refractivity contribution in [2.24, 2.45) is 12.5 Å². The zero-order valence-corrected chi connectivity index (χ0v) is 32.6. The number of halogens is 1. The van der Waals surface area contributed by atoms with Crippen LogP contribution < -0.4 is 31.1 Å². The lowest BCUT2D eigenvalue weighted by Gasteiger charge is -2.54. The van der Waals surface area contributed by atoms with Crippen molar-refractivity contribution in [2.45, 2.75) is 76.6 Å². The second-order valence-electron chi connectivity index (χ2n) is 15.5. The molecule has 4 aliphatic rings. The number of aliphatic hydroxyl groups is 1. The molecule has 1 saturated carbocycles. The predicted molar refractivity (Wildman–Crippen MR) is 213 cm³/mol. The maximum atomic E-state index is 12.6. The molecule has 56 heavy (non-hydrogen) atoms. The van der Waals surface area contributed by atoms with E-state index in [1.807, 2.05) is 31.6 Å². The largest absolute Gasteiger partial charge is 0.483 e. The number of imide groups is 1. The van der Waals surface area contributed by atoms with Crippen molar-refractivity contribution in [1.29, 1.82) is 0 Å². The van der Waals surface area contributed by atoms with Crippen LogP contribution in [0.2, 0.25) is 5.02 Å². The number of nitrogens with zero attached hydrogens (tertiary/aromatic N) is 7. The number of likely N-dealkylation sites (N-methyl/N-ethyl adjacent to an activating group) is 1. The number of carbonyl (C=O) groups excluding carboxylic acids is 3. The Bertz CT molecular complexity index is 2230. The summed E-state index contributed by atoms with van der Waals surface area (Å²) in [4.78, 5) is 54.1. The molecule has 294 valence electrons. The van der Waals surface area contributed by atoms with Crippen LogP contribution >= 0.6 is 11.6 Å². The summed E-state index contributed by atoms with van der Waals surface area (Å²) in [5.41, 5.74) is 4.43. The highest BCUT2D eigenvalue weighted by Gasteiger charge is 2.45. The molecule has 1 aromatic carbocycles. The van der Waals surface area contributed by atoms with Crippen molar-refractivity contribution in [1.82, 2.24) is 35.4 Å². The van der Waals surface area contributed by atoms with Gasteiger partial charge in [0.2, 0.25) is 17.8 Å². The maximum Gasteiger partial charge on any atom is 0.257 e. The molecule has 17 heteroatoms. The molecule has 3 aromatic heterocycles. The molecular weight excluding hydrogens is 738 g/mol. The average Bonchev–Trinajstić information content (AvgIpc) is 3.49. The summed E-state index contributed by atoms with van der Waals surface area (Å²) in [6.07, 6.45) is 8.77. The number of rotatable bonds is 10. The highest BCUT2D eigenvalue weighted by molar-refractivity contribution is 6.32. The summed E-state index contributed by atoms with van der Waals surface area (Å²) in [6.45, 7) is 5.62. The van der Waals surface area contributed by atoms with E-state index in [4.69, 9.17) is 26.4 Å². The first kappa shape index (κ1) is 37.4. The number of aromatic nitrogens is 5. The van der Waals surface area contributed by atoms with Crippen molar-refractivity contribution >= 4 is 75.3 Å². The molecule has 1 spiro atoms. The van der Waals surface area contributed by atoms with E-state index >= 15 is 0 Å². The van der Waals surface area contributed by atoms with Crippen LogP contribution in [0.1, 0.15) is 69.5 Å². The Morgan fingerprint density at radius 3 is 2.64 bits per heavy atom. The number of hydrogen-bond donors (Lipinski definition) is 5. The van der Waals surface area contributed by atoms with Crippen LogP contribution in [-0.4, -0.2) is 92.6 Å². The zero-order chi connectivity index (χ0) is 39.3. The van der Waals surface area contributed by atoms with Crippen molar-refractivity contribution in [3.8, 4) is 0 Å². The molecule has 2 saturated heterocycles. The van der Waals surface area contributed by atoms with Gasteiger partial charge in [-0.15, -0.1) is 0 Å². The van der Waals surface area contributed by atoms with Crippen LogP contribution in [-0.2, 0) is 26.2 Å². The smallest absolute Gasteiger partial charge is 0.257 e. The maximum absolute atomic E-state index is 12.6. The minimum atomic E-state index is -1.09. The molecule has 3 amide bonds. The van der Waals surface area contributed by atoms with Gasteiger partial charge < -0.3 is 35.6 Å². The summed E-state index contributed by atoms with van der Waals surface area (Å²) in [5, 5.41) is 28.8. The molecule has 4 aromatic rings. The number of pyridine rings is 1. The summed E-state index contributed by atoms with van der Waals surface area (Å²) in [7, 11) is 3.43. The molecular formula is C39H46ClN11O5. The van der Waals surface area contributed by atoms with Gasteiger partial charge in [0, 0.05) is 67.7 Å². The highest BCUT2D eigenvalue weighted by Crippen LogP contribution is 2.47. The van der Waals surface area contributed by atoms with Gasteiger partial charge in [0.05, 0.1) is 35.2 Å². The molecule has 0 bridgehead atoms. The third-order valence-electron chi connectivity index (χ3n) is 11.4. The zero-order valence-electron chi connectivity index (χ0n) is 31.8. The Morgan fingerprint density at radius 1 is 1.12 bits per heavy atom. The molecule has 2 atom stereocenters. The minimum Gasteiger partial charge on any atom is -0.483 e. The third-order valence-corrected chi connectivity index (χ3v) is 11.7. The topological polar surface area (TPSA) is 192 Å². The fraction of sp³-hybridized carbons (Fsp3) is 0.462. The fourth-order valence-corrected chi connectivity index (χ4v) is 8.51. The van der Waals surface area contributed by atoms with Crippen LogP contribution in [0.5, 0.6) is 0 Å². The number of carbonyl (C=O) groups is 3. The number of nitrogens with one attached hydrogen (secondary N) is 4. The van der Waals surface area contributed by atoms with Gasteiger partial charge in [0.1, 0.15) is 16.6 Å². The van der Waals surface area contributed by atoms with Crippen LogP contribution in [0.25, 0.3) is 17.0 Å². The first-order valence-corrected chi connectivity index (χ1v) is 19.4. The highest BCUT2D eigenvalue weighted by atomic mass is 35.5. The average molecular weight is 784 g/mol. The number of amides is 3. The van der Waals surface area contributed by atoms with Crippen molar-refractivity contribution in [2.75, 3.05) is 47.2 Å². The first-order valence-electron chi connectivity index (χ1n) is 19.0. The number of hydrogen-bond acceptors (Lipinski definition) is 13. The Morgan fingerprint density at radius 2 is 1.91 bits per heavy atom. The van der Waals surface area contributed by atoms with E-state index in [2.05, 4.69) is 54.3 Å². The lowest BCUT2D eigenvalue weighted by molar-refractivity contribution is -0.134. The molecule has 6 heterocycles. The van der Waals surface area contributed by atoms with E-state index in [0.717, 1.165) is 61.1 Å². The van der Waals surface area contributed by atoms with Gasteiger partial charge in [-0.05, 0) is 76.3 Å². The predicted octanol–water partition coefficient (Wildman–Crippen LogP) is 4.19. The van der Waals surface area contributed by atoms with E-state index in [9.17, 15) is 19.5 Å². The van der Waals surface area contributed by atoms with E-state index in [1.54, 1.807) is 23.4 Å². The SMILES string of the molecule is CNC(=O)COC1=Cc2cc(Nc3nc(NC4CCC5(CC4)CN(c4ccc6c(C7CCC(=O)NC7=O)nn(C)c6c4)C5)ncc3Cl)cnc2N(C(C)C)C1O. The monoisotopic (exact) mass is 783 g/mol. The summed E-state index contributed by atoms with van der Waals surface area (Å²) in [6, 6.07) is 8.32. The summed E-state index contributed by atoms with van der Waals surface area (Å²) in [5.74, 6) is 0.519. The Balaban J connectivity index is 0.887. The lowest BCUT2D eigenvalue weighted by atomic mass is 9.67. The number of piperidine rings is 1. The number of aryl methyl sites for hydroxylation is 1. The Hall–Kier alpha value is -5.48. The van der Waals surface area contributed by atoms with E-state index < -0.39 is 12.1 Å². The van der Waals surface area contributed by atoms with Crippen LogP contribution in [0.3, 0.4) is 0 Å². The van der Waals surface area contributed by atoms with Gasteiger partial charge in [-0.2, -0.15) is 10.1 Å². The Kier molecular flexibility index (Phi) is 9.95. The van der Waals surface area contributed by atoms with Crippen molar-refractivity contribution in [3.05, 3.63) is 58.7 Å². The van der Waals surface area contributed by atoms with Gasteiger partial charge in [0.25, 0.3) is 5.91 Å². The minimum absolute atomic E-state index is 0.101. The molecule has 0 radical (unpaired) electrons. The van der Waals surface area contributed by atoms with Crippen molar-refractivity contribution in [3.63, 3.8) is 0 Å². The number of ether oxygens (including phenoxy) is 1. The van der Waals surface area contributed by atoms with E-state index in [1.165, 1.54) is 7.05 Å². The summed E-state index contributed by atoms with van der Waals surface area (Å²) >= 11 is 6.56.